The van der Waals surface area contributed by atoms with E-state index in [0.717, 1.165) is 40.8 Å². The molecule has 1 atom stereocenters. The van der Waals surface area contributed by atoms with Crippen LogP contribution in [0.25, 0.3) is 16.9 Å². The Morgan fingerprint density at radius 1 is 1.22 bits per heavy atom. The van der Waals surface area contributed by atoms with Crippen molar-refractivity contribution in [3.05, 3.63) is 42.1 Å². The molecule has 2 aliphatic rings. The van der Waals surface area contributed by atoms with Gasteiger partial charge < -0.3 is 10.6 Å². The van der Waals surface area contributed by atoms with Crippen LogP contribution in [0.2, 0.25) is 0 Å². The first kappa shape index (κ1) is 16.8. The van der Waals surface area contributed by atoms with Gasteiger partial charge in [-0.2, -0.15) is 5.10 Å². The lowest BCUT2D eigenvalue weighted by atomic mass is 9.91. The van der Waals surface area contributed by atoms with E-state index in [0.29, 0.717) is 12.0 Å². The lowest BCUT2D eigenvalue weighted by molar-refractivity contribution is 0.340. The van der Waals surface area contributed by atoms with Crippen molar-refractivity contribution in [1.82, 2.24) is 34.2 Å². The predicted molar refractivity (Wildman–Crippen MR) is 107 cm³/mol. The molecular formula is C18H22N8S. The summed E-state index contributed by atoms with van der Waals surface area (Å²) in [5.74, 6) is 1.45. The van der Waals surface area contributed by atoms with Gasteiger partial charge in [-0.25, -0.2) is 9.97 Å². The van der Waals surface area contributed by atoms with Crippen molar-refractivity contribution in [2.24, 2.45) is 13.0 Å². The first-order valence-electron chi connectivity index (χ1n) is 9.21. The third-order valence-corrected chi connectivity index (χ3v) is 6.05. The zero-order valence-corrected chi connectivity index (χ0v) is 15.9. The Morgan fingerprint density at radius 2 is 2.11 bits per heavy atom. The highest BCUT2D eigenvalue weighted by atomic mass is 32.2. The minimum Gasteiger partial charge on any atom is -0.331 e. The molecule has 0 saturated carbocycles. The van der Waals surface area contributed by atoms with Crippen molar-refractivity contribution in [3.63, 3.8) is 0 Å². The van der Waals surface area contributed by atoms with E-state index in [4.69, 9.17) is 0 Å². The molecule has 8 nitrogen and oxygen atoms in total. The van der Waals surface area contributed by atoms with Crippen LogP contribution in [0.5, 0.6) is 0 Å². The molecule has 3 aromatic heterocycles. The average molecular weight is 382 g/mol. The van der Waals surface area contributed by atoms with E-state index in [2.05, 4.69) is 36.5 Å². The second-order valence-electron chi connectivity index (χ2n) is 7.00. The molecule has 1 unspecified atom stereocenters. The zero-order chi connectivity index (χ0) is 18.2. The number of aromatic nitrogens is 5. The summed E-state index contributed by atoms with van der Waals surface area (Å²) in [6.45, 7) is 2.21. The molecule has 0 aromatic carbocycles. The minimum absolute atomic E-state index is 0.407. The van der Waals surface area contributed by atoms with Crippen LogP contribution < -0.4 is 15.4 Å². The van der Waals surface area contributed by atoms with Crippen LogP contribution in [0, 0.1) is 5.92 Å². The Balaban J connectivity index is 1.40. The molecule has 0 spiro atoms. The zero-order valence-electron chi connectivity index (χ0n) is 15.1. The van der Waals surface area contributed by atoms with Crippen molar-refractivity contribution in [2.45, 2.75) is 18.9 Å². The quantitative estimate of drug-likeness (QED) is 0.595. The van der Waals surface area contributed by atoms with Crippen molar-refractivity contribution in [2.75, 3.05) is 18.4 Å². The van der Waals surface area contributed by atoms with Crippen LogP contribution in [-0.4, -0.2) is 43.3 Å². The number of hydrogen-bond donors (Lipinski definition) is 3. The summed E-state index contributed by atoms with van der Waals surface area (Å²) in [6.07, 6.45) is 14.1. The molecular weight excluding hydrogens is 360 g/mol. The van der Waals surface area contributed by atoms with Gasteiger partial charge in [-0.3, -0.25) is 13.8 Å². The summed E-state index contributed by atoms with van der Waals surface area (Å²) in [5, 5.41) is 12.2. The second kappa shape index (κ2) is 6.99. The van der Waals surface area contributed by atoms with Crippen LogP contribution in [-0.2, 0) is 7.05 Å². The minimum atomic E-state index is 0.407. The second-order valence-corrected chi connectivity index (χ2v) is 7.88. The molecule has 0 bridgehead atoms. The van der Waals surface area contributed by atoms with Crippen molar-refractivity contribution in [3.8, 4) is 11.3 Å². The number of rotatable bonds is 4. The average Bonchev–Trinajstić information content (AvgIpc) is 3.42. The van der Waals surface area contributed by atoms with Gasteiger partial charge in [0.15, 0.2) is 11.5 Å². The van der Waals surface area contributed by atoms with E-state index in [-0.39, 0.29) is 0 Å². The number of fused-ring (bicyclic) bond motifs is 1. The number of aryl methyl sites for hydroxylation is 1. The molecule has 3 N–H and O–H groups in total. The van der Waals surface area contributed by atoms with E-state index < -0.39 is 0 Å². The van der Waals surface area contributed by atoms with Gasteiger partial charge in [0.2, 0.25) is 0 Å². The molecule has 27 heavy (non-hydrogen) atoms. The van der Waals surface area contributed by atoms with Gasteiger partial charge in [-0.05, 0) is 49.9 Å². The van der Waals surface area contributed by atoms with Gasteiger partial charge in [0.05, 0.1) is 23.1 Å². The maximum atomic E-state index is 4.59. The first-order chi connectivity index (χ1) is 13.3. The van der Waals surface area contributed by atoms with E-state index in [9.17, 15) is 0 Å². The number of imidazole rings is 1. The van der Waals surface area contributed by atoms with Gasteiger partial charge in [0.25, 0.3) is 0 Å². The molecule has 1 saturated heterocycles. The van der Waals surface area contributed by atoms with E-state index in [1.54, 1.807) is 22.8 Å². The van der Waals surface area contributed by atoms with E-state index >= 15 is 0 Å². The Hall–Kier alpha value is -2.36. The smallest absolute Gasteiger partial charge is 0.180 e. The SMILES string of the molecule is Cn1cc(-c2cnc3c(NC4=CC(C5CCNCC5)NS4)nccn23)cn1. The number of piperidine rings is 1. The summed E-state index contributed by atoms with van der Waals surface area (Å²) in [5.41, 5.74) is 2.84. The van der Waals surface area contributed by atoms with Crippen molar-refractivity contribution in [1.29, 1.82) is 0 Å². The number of anilines is 1. The van der Waals surface area contributed by atoms with E-state index in [1.165, 1.54) is 12.8 Å². The van der Waals surface area contributed by atoms with Gasteiger partial charge in [-0.1, -0.05) is 0 Å². The standard InChI is InChI=1S/C18H22N8S/c1-25-11-13(9-22-25)15-10-21-18-17(20-6-7-26(15)18)23-16-8-14(24-27-16)12-2-4-19-5-3-12/h6-12,14,19,24H,2-5H2,1H3,(H,20,23). The van der Waals surface area contributed by atoms with Crippen molar-refractivity contribution < 1.29 is 0 Å². The van der Waals surface area contributed by atoms with Gasteiger partial charge in [0, 0.05) is 37.2 Å². The summed E-state index contributed by atoms with van der Waals surface area (Å²) in [4.78, 5) is 9.10. The molecule has 1 fully saturated rings. The highest BCUT2D eigenvalue weighted by Crippen LogP contribution is 2.31. The Morgan fingerprint density at radius 3 is 2.93 bits per heavy atom. The molecule has 0 aliphatic carbocycles. The van der Waals surface area contributed by atoms with Crippen LogP contribution >= 0.6 is 11.9 Å². The number of nitrogens with zero attached hydrogens (tertiary/aromatic N) is 5. The summed E-state index contributed by atoms with van der Waals surface area (Å²) in [6, 6.07) is 0.407. The molecule has 2 aliphatic heterocycles. The fourth-order valence-electron chi connectivity index (χ4n) is 3.76. The molecule has 140 valence electrons. The number of hydrogen-bond acceptors (Lipinski definition) is 7. The maximum absolute atomic E-state index is 4.59. The van der Waals surface area contributed by atoms with Crippen molar-refractivity contribution >= 4 is 23.4 Å². The van der Waals surface area contributed by atoms with Crippen LogP contribution in [0.3, 0.4) is 0 Å². The molecule has 5 rings (SSSR count). The van der Waals surface area contributed by atoms with Crippen LogP contribution in [0.1, 0.15) is 12.8 Å². The molecule has 3 aromatic rings. The summed E-state index contributed by atoms with van der Waals surface area (Å²) in [7, 11) is 1.91. The fraction of sp³-hybridized carbons (Fsp3) is 0.389. The monoisotopic (exact) mass is 382 g/mol. The lowest BCUT2D eigenvalue weighted by Gasteiger charge is -2.26. The fourth-order valence-corrected chi connectivity index (χ4v) is 4.64. The Kier molecular flexibility index (Phi) is 4.35. The lowest BCUT2D eigenvalue weighted by Crippen LogP contribution is -2.36. The Labute approximate surface area is 161 Å². The summed E-state index contributed by atoms with van der Waals surface area (Å²) < 4.78 is 7.39. The molecule has 5 heterocycles. The predicted octanol–water partition coefficient (Wildman–Crippen LogP) is 2.00. The maximum Gasteiger partial charge on any atom is 0.180 e. The van der Waals surface area contributed by atoms with Crippen LogP contribution in [0.4, 0.5) is 5.82 Å². The molecule has 0 amide bonds. The molecule has 0 radical (unpaired) electrons. The van der Waals surface area contributed by atoms with Gasteiger partial charge in [-0.15, -0.1) is 0 Å². The normalized spacial score (nSPS) is 20.9. The van der Waals surface area contributed by atoms with Crippen LogP contribution in [0.15, 0.2) is 42.1 Å². The highest BCUT2D eigenvalue weighted by Gasteiger charge is 2.27. The number of nitrogens with one attached hydrogen (secondary N) is 3. The first-order valence-corrected chi connectivity index (χ1v) is 10.0. The topological polar surface area (TPSA) is 84.1 Å². The summed E-state index contributed by atoms with van der Waals surface area (Å²) >= 11 is 1.64. The third kappa shape index (κ3) is 3.22. The third-order valence-electron chi connectivity index (χ3n) is 5.20. The largest absolute Gasteiger partial charge is 0.331 e. The van der Waals surface area contributed by atoms with E-state index in [1.807, 2.05) is 36.2 Å². The van der Waals surface area contributed by atoms with Gasteiger partial charge >= 0.3 is 0 Å². The highest BCUT2D eigenvalue weighted by molar-refractivity contribution is 8.01. The van der Waals surface area contributed by atoms with Gasteiger partial charge in [0.1, 0.15) is 0 Å². The molecule has 9 heteroatoms. The Bertz CT molecular complexity index is 984.